The SMILES string of the molecule is CC(C)c1ccnc(-c2[c-]cc(F)nc2F)c1.Fc1c[c-]c(N2[CH-]N(c3ccccc3)C=N2)c(F)n1.[Ir+3]. The predicted octanol–water partition coefficient (Wildman–Crippen LogP) is 5.89. The summed E-state index contributed by atoms with van der Waals surface area (Å²) in [5, 5.41) is 5.24. The molecule has 3 aromatic heterocycles. The van der Waals surface area contributed by atoms with Crippen molar-refractivity contribution in [2.75, 3.05) is 9.91 Å². The Kier molecular flexibility index (Phi) is 9.43. The Bertz CT molecular complexity index is 1370. The van der Waals surface area contributed by atoms with E-state index in [0.717, 1.165) is 23.4 Å². The van der Waals surface area contributed by atoms with Gasteiger partial charge in [0.25, 0.3) is 0 Å². The molecule has 0 unspecified atom stereocenters. The van der Waals surface area contributed by atoms with E-state index in [9.17, 15) is 17.6 Å². The maximum atomic E-state index is 13.5. The van der Waals surface area contributed by atoms with Crippen molar-refractivity contribution >= 4 is 17.7 Å². The molecule has 5 rings (SSSR count). The number of hydrazone groups is 1. The normalized spacial score (nSPS) is 12.3. The van der Waals surface area contributed by atoms with Crippen LogP contribution in [0.15, 0.2) is 65.9 Å². The monoisotopic (exact) mass is 684 g/mol. The van der Waals surface area contributed by atoms with Crippen molar-refractivity contribution in [3.8, 4) is 11.3 Å². The molecule has 0 aliphatic carbocycles. The predicted molar refractivity (Wildman–Crippen MR) is 127 cm³/mol. The molecule has 4 heterocycles. The summed E-state index contributed by atoms with van der Waals surface area (Å²) in [4.78, 5) is 12.0. The third kappa shape index (κ3) is 6.96. The summed E-state index contributed by atoms with van der Waals surface area (Å²) in [7, 11) is 0. The van der Waals surface area contributed by atoms with Crippen LogP contribution in [0.2, 0.25) is 0 Å². The van der Waals surface area contributed by atoms with Crippen molar-refractivity contribution in [2.45, 2.75) is 19.8 Å². The number of halogens is 4. The second kappa shape index (κ2) is 12.5. The molecule has 0 spiro atoms. The molecular weight excluding hydrogens is 665 g/mol. The fourth-order valence-electron chi connectivity index (χ4n) is 3.16. The van der Waals surface area contributed by atoms with E-state index in [1.165, 1.54) is 11.3 Å². The van der Waals surface area contributed by atoms with Crippen molar-refractivity contribution in [1.29, 1.82) is 0 Å². The van der Waals surface area contributed by atoms with E-state index >= 15 is 0 Å². The Balaban J connectivity index is 0.000000201. The van der Waals surface area contributed by atoms with Crippen molar-refractivity contribution in [1.82, 2.24) is 15.0 Å². The van der Waals surface area contributed by atoms with Crippen molar-refractivity contribution < 1.29 is 37.7 Å². The molecule has 0 bridgehead atoms. The molecule has 0 atom stereocenters. The van der Waals surface area contributed by atoms with Crippen LogP contribution in [-0.2, 0) is 20.1 Å². The maximum absolute atomic E-state index is 13.5. The van der Waals surface area contributed by atoms with E-state index in [1.807, 2.05) is 50.2 Å². The van der Waals surface area contributed by atoms with Gasteiger partial charge in [-0.1, -0.05) is 55.3 Å². The Morgan fingerprint density at radius 1 is 0.892 bits per heavy atom. The van der Waals surface area contributed by atoms with Gasteiger partial charge in [0.05, 0.1) is 12.3 Å². The van der Waals surface area contributed by atoms with Crippen LogP contribution in [0.5, 0.6) is 0 Å². The molecule has 11 heteroatoms. The Labute approximate surface area is 225 Å². The molecular formula is C26H19F4IrN6. The van der Waals surface area contributed by atoms with Crippen LogP contribution in [0.1, 0.15) is 25.3 Å². The number of aromatic nitrogens is 3. The van der Waals surface area contributed by atoms with Gasteiger partial charge in [-0.2, -0.15) is 11.2 Å². The van der Waals surface area contributed by atoms with Crippen LogP contribution >= 0.6 is 0 Å². The standard InChI is InChI=1S/C13H8F2N4.C13H11F2N2.Ir/c14-12-7-6-11(13(15)17-12)19-9-18(8-16-19)10-4-2-1-3-5-10;1-8(2)9-5-6-16-11(7-9)10-3-4-12(14)17-13(10)15;/h1-5,7-9H;4-8H,1-2H3;/q-2;-1;+3. The molecule has 0 radical (unpaired) electrons. The minimum atomic E-state index is -0.955. The van der Waals surface area contributed by atoms with Crippen molar-refractivity contribution in [3.05, 3.63) is 109 Å². The number of pyridine rings is 3. The smallest absolute Gasteiger partial charge is 0.463 e. The quantitative estimate of drug-likeness (QED) is 0.153. The second-order valence-electron chi connectivity index (χ2n) is 7.81. The number of hydrogen-bond acceptors (Lipinski definition) is 6. The number of benzene rings is 1. The molecule has 1 aliphatic heterocycles. The van der Waals surface area contributed by atoms with Crippen LogP contribution in [0.25, 0.3) is 11.3 Å². The second-order valence-corrected chi connectivity index (χ2v) is 7.81. The number of para-hydroxylation sites is 1. The molecule has 0 N–H and O–H groups in total. The third-order valence-electron chi connectivity index (χ3n) is 5.00. The van der Waals surface area contributed by atoms with Gasteiger partial charge in [-0.05, 0) is 35.5 Å². The van der Waals surface area contributed by atoms with Gasteiger partial charge < -0.3 is 19.9 Å². The minimum absolute atomic E-state index is 0. The van der Waals surface area contributed by atoms with E-state index in [2.05, 4.69) is 32.2 Å². The first-order valence-corrected chi connectivity index (χ1v) is 10.8. The molecule has 0 saturated carbocycles. The van der Waals surface area contributed by atoms with Crippen LogP contribution in [0, 0.1) is 42.6 Å². The fraction of sp³-hybridized carbons (Fsp3) is 0.115. The molecule has 37 heavy (non-hydrogen) atoms. The first-order valence-electron chi connectivity index (χ1n) is 10.8. The molecule has 4 aromatic rings. The summed E-state index contributed by atoms with van der Waals surface area (Å²) in [5.74, 6) is -3.33. The first-order chi connectivity index (χ1) is 17.3. The van der Waals surface area contributed by atoms with Gasteiger partial charge in [-0.3, -0.25) is 13.8 Å². The van der Waals surface area contributed by atoms with E-state index in [0.29, 0.717) is 11.6 Å². The Hall–Kier alpha value is -3.69. The van der Waals surface area contributed by atoms with E-state index in [1.54, 1.807) is 23.8 Å². The molecule has 0 fully saturated rings. The number of anilines is 2. The Morgan fingerprint density at radius 3 is 2.22 bits per heavy atom. The number of hydrogen-bond donors (Lipinski definition) is 0. The summed E-state index contributed by atoms with van der Waals surface area (Å²) in [6.45, 7) is 5.62. The topological polar surface area (TPSA) is 57.5 Å². The van der Waals surface area contributed by atoms with Gasteiger partial charge in [-0.15, -0.1) is 18.8 Å². The van der Waals surface area contributed by atoms with Crippen LogP contribution in [-0.4, -0.2) is 21.3 Å². The fourth-order valence-corrected chi connectivity index (χ4v) is 3.16. The van der Waals surface area contributed by atoms with Gasteiger partial charge in [0.1, 0.15) is 17.8 Å². The summed E-state index contributed by atoms with van der Waals surface area (Å²) in [6, 6.07) is 20.0. The molecule has 1 aliphatic rings. The largest absolute Gasteiger partial charge is 3.00 e. The average Bonchev–Trinajstić information content (AvgIpc) is 3.35. The third-order valence-corrected chi connectivity index (χ3v) is 5.00. The summed E-state index contributed by atoms with van der Waals surface area (Å²) in [5.41, 5.74) is 2.39. The maximum Gasteiger partial charge on any atom is 3.00 e. The average molecular weight is 684 g/mol. The van der Waals surface area contributed by atoms with E-state index in [4.69, 9.17) is 0 Å². The molecule has 6 nitrogen and oxygen atoms in total. The number of rotatable bonds is 4. The van der Waals surface area contributed by atoms with Crippen LogP contribution < -0.4 is 9.91 Å². The number of nitrogens with zero attached hydrogens (tertiary/aromatic N) is 6. The summed E-state index contributed by atoms with van der Waals surface area (Å²) >= 11 is 0. The van der Waals surface area contributed by atoms with Crippen LogP contribution in [0.4, 0.5) is 28.9 Å². The summed E-state index contributed by atoms with van der Waals surface area (Å²) in [6.07, 6.45) is 3.12. The molecule has 190 valence electrons. The molecule has 0 saturated heterocycles. The zero-order valence-electron chi connectivity index (χ0n) is 19.5. The van der Waals surface area contributed by atoms with Gasteiger partial charge >= 0.3 is 20.1 Å². The van der Waals surface area contributed by atoms with Crippen molar-refractivity contribution in [2.24, 2.45) is 5.10 Å². The van der Waals surface area contributed by atoms with Crippen LogP contribution in [0.3, 0.4) is 0 Å². The molecule has 0 amide bonds. The van der Waals surface area contributed by atoms with Gasteiger partial charge in [0, 0.05) is 11.9 Å². The first kappa shape index (κ1) is 27.9. The van der Waals surface area contributed by atoms with Gasteiger partial charge in [0.2, 0.25) is 0 Å². The van der Waals surface area contributed by atoms with E-state index < -0.39 is 23.8 Å². The van der Waals surface area contributed by atoms with Crippen molar-refractivity contribution in [3.63, 3.8) is 0 Å². The van der Waals surface area contributed by atoms with E-state index in [-0.39, 0.29) is 31.4 Å². The zero-order valence-corrected chi connectivity index (χ0v) is 21.9. The zero-order chi connectivity index (χ0) is 25.7. The van der Waals surface area contributed by atoms with Gasteiger partial charge in [-0.25, -0.2) is 8.78 Å². The Morgan fingerprint density at radius 2 is 1.57 bits per heavy atom. The molecule has 1 aromatic carbocycles. The summed E-state index contributed by atoms with van der Waals surface area (Å²) < 4.78 is 52.3. The van der Waals surface area contributed by atoms with Gasteiger partial charge in [0.15, 0.2) is 0 Å². The minimum Gasteiger partial charge on any atom is -0.463 e.